The average Bonchev–Trinajstić information content (AvgIpc) is 2.92. The van der Waals surface area contributed by atoms with Gasteiger partial charge in [0, 0.05) is 23.9 Å². The Kier molecular flexibility index (Phi) is 3.91. The zero-order chi connectivity index (χ0) is 13.1. The van der Waals surface area contributed by atoms with Gasteiger partial charge < -0.3 is 11.1 Å². The number of nitrogen functional groups attached to an aromatic ring is 1. The van der Waals surface area contributed by atoms with E-state index in [9.17, 15) is 0 Å². The second-order valence-electron chi connectivity index (χ2n) is 4.49. The lowest BCUT2D eigenvalue weighted by Gasteiger charge is -2.16. The van der Waals surface area contributed by atoms with Crippen LogP contribution in [0.2, 0.25) is 0 Å². The van der Waals surface area contributed by atoms with Crippen molar-refractivity contribution in [3.05, 3.63) is 28.1 Å². The van der Waals surface area contributed by atoms with E-state index < -0.39 is 0 Å². The van der Waals surface area contributed by atoms with Crippen LogP contribution < -0.4 is 11.1 Å². The summed E-state index contributed by atoms with van der Waals surface area (Å²) in [6, 6.07) is 4.59. The second kappa shape index (κ2) is 5.44. The number of nitrogens with two attached hydrogens (primary N) is 1. The molecule has 0 aliphatic rings. The molecule has 0 saturated carbocycles. The van der Waals surface area contributed by atoms with E-state index in [1.54, 1.807) is 11.3 Å². The van der Waals surface area contributed by atoms with Crippen LogP contribution in [0.1, 0.15) is 24.4 Å². The maximum atomic E-state index is 6.06. The first-order valence-electron chi connectivity index (χ1n) is 6.23. The summed E-state index contributed by atoms with van der Waals surface area (Å²) in [5, 5.41) is 9.99. The van der Waals surface area contributed by atoms with E-state index in [0.717, 1.165) is 30.2 Å². The fourth-order valence-corrected chi connectivity index (χ4v) is 2.83. The predicted molar refractivity (Wildman–Crippen MR) is 78.2 cm³/mol. The first-order valence-corrected chi connectivity index (χ1v) is 7.11. The molecule has 0 radical (unpaired) electrons. The largest absolute Gasteiger partial charge is 0.394 e. The summed E-state index contributed by atoms with van der Waals surface area (Å²) in [7, 11) is 0. The van der Waals surface area contributed by atoms with Gasteiger partial charge in [0.15, 0.2) is 0 Å². The minimum Gasteiger partial charge on any atom is -0.394 e. The summed E-state index contributed by atoms with van der Waals surface area (Å²) in [4.78, 5) is 1.38. The van der Waals surface area contributed by atoms with Crippen molar-refractivity contribution in [1.82, 2.24) is 9.78 Å². The molecule has 0 aliphatic carbocycles. The average molecular weight is 264 g/mol. The quantitative estimate of drug-likeness (QED) is 0.873. The topological polar surface area (TPSA) is 55.9 Å². The lowest BCUT2D eigenvalue weighted by atomic mass is 10.2. The van der Waals surface area contributed by atoms with Gasteiger partial charge in [-0.2, -0.15) is 5.10 Å². The highest BCUT2D eigenvalue weighted by Gasteiger charge is 2.14. The Hall–Kier alpha value is -1.49. The van der Waals surface area contributed by atoms with E-state index in [1.165, 1.54) is 4.88 Å². The van der Waals surface area contributed by atoms with Crippen molar-refractivity contribution in [2.45, 2.75) is 39.8 Å². The van der Waals surface area contributed by atoms with Gasteiger partial charge in [0.25, 0.3) is 0 Å². The molecular formula is C13H20N4S. The van der Waals surface area contributed by atoms with Crippen molar-refractivity contribution in [2.75, 3.05) is 11.1 Å². The molecule has 18 heavy (non-hydrogen) atoms. The summed E-state index contributed by atoms with van der Waals surface area (Å²) in [5.74, 6) is 0.944. The molecule has 0 bridgehead atoms. The third-order valence-corrected chi connectivity index (χ3v) is 3.84. The minimum atomic E-state index is 0.340. The van der Waals surface area contributed by atoms with Gasteiger partial charge in [-0.05, 0) is 32.2 Å². The van der Waals surface area contributed by atoms with Crippen LogP contribution in [-0.2, 0) is 13.0 Å². The first-order chi connectivity index (χ1) is 8.61. The maximum absolute atomic E-state index is 6.06. The Labute approximate surface area is 112 Å². The standard InChI is InChI=1S/C13H20N4S/c1-4-17-13(12(14)10(3)16-17)15-9(2)8-11-6-5-7-18-11/h5-7,9,15H,4,8,14H2,1-3H3. The summed E-state index contributed by atoms with van der Waals surface area (Å²) in [6.45, 7) is 7.01. The van der Waals surface area contributed by atoms with Crippen molar-refractivity contribution in [3.8, 4) is 0 Å². The van der Waals surface area contributed by atoms with E-state index in [-0.39, 0.29) is 0 Å². The summed E-state index contributed by atoms with van der Waals surface area (Å²) in [6.07, 6.45) is 1.01. The second-order valence-corrected chi connectivity index (χ2v) is 5.52. The SMILES string of the molecule is CCn1nc(C)c(N)c1NC(C)Cc1cccs1. The van der Waals surface area contributed by atoms with Gasteiger partial charge >= 0.3 is 0 Å². The summed E-state index contributed by atoms with van der Waals surface area (Å²) < 4.78 is 1.93. The minimum absolute atomic E-state index is 0.340. The molecule has 0 fully saturated rings. The Morgan fingerprint density at radius 3 is 2.94 bits per heavy atom. The lowest BCUT2D eigenvalue weighted by Crippen LogP contribution is -2.20. The molecule has 0 aromatic carbocycles. The number of anilines is 2. The number of nitrogens with zero attached hydrogens (tertiary/aromatic N) is 2. The van der Waals surface area contributed by atoms with E-state index in [0.29, 0.717) is 6.04 Å². The number of rotatable bonds is 5. The highest BCUT2D eigenvalue weighted by molar-refractivity contribution is 7.09. The van der Waals surface area contributed by atoms with Gasteiger partial charge in [0.2, 0.25) is 0 Å². The number of aryl methyl sites for hydroxylation is 2. The zero-order valence-corrected chi connectivity index (χ0v) is 11.9. The molecule has 0 spiro atoms. The maximum Gasteiger partial charge on any atom is 0.148 e. The fourth-order valence-electron chi connectivity index (χ4n) is 1.99. The Morgan fingerprint density at radius 2 is 2.33 bits per heavy atom. The molecule has 2 rings (SSSR count). The van der Waals surface area contributed by atoms with Crippen molar-refractivity contribution in [3.63, 3.8) is 0 Å². The molecule has 4 nitrogen and oxygen atoms in total. The number of hydrogen-bond acceptors (Lipinski definition) is 4. The number of hydrogen-bond donors (Lipinski definition) is 2. The van der Waals surface area contributed by atoms with Crippen molar-refractivity contribution >= 4 is 22.8 Å². The number of aromatic nitrogens is 2. The van der Waals surface area contributed by atoms with Gasteiger partial charge in [-0.25, -0.2) is 4.68 Å². The number of nitrogens with one attached hydrogen (secondary N) is 1. The molecule has 0 aliphatic heterocycles. The molecule has 2 heterocycles. The van der Waals surface area contributed by atoms with E-state index >= 15 is 0 Å². The highest BCUT2D eigenvalue weighted by Crippen LogP contribution is 2.23. The van der Waals surface area contributed by atoms with Gasteiger partial charge in [-0.1, -0.05) is 6.07 Å². The molecule has 5 heteroatoms. The molecule has 0 amide bonds. The molecule has 3 N–H and O–H groups in total. The molecule has 2 aromatic heterocycles. The van der Waals surface area contributed by atoms with Crippen LogP contribution in [0.25, 0.3) is 0 Å². The first kappa shape index (κ1) is 13.0. The summed E-state index contributed by atoms with van der Waals surface area (Å²) >= 11 is 1.79. The van der Waals surface area contributed by atoms with Gasteiger partial charge in [0.1, 0.15) is 5.82 Å². The fraction of sp³-hybridized carbons (Fsp3) is 0.462. The highest BCUT2D eigenvalue weighted by atomic mass is 32.1. The molecular weight excluding hydrogens is 244 g/mol. The smallest absolute Gasteiger partial charge is 0.148 e. The molecule has 0 saturated heterocycles. The monoisotopic (exact) mass is 264 g/mol. The molecule has 1 unspecified atom stereocenters. The lowest BCUT2D eigenvalue weighted by molar-refractivity contribution is 0.648. The molecule has 2 aromatic rings. The molecule has 98 valence electrons. The Morgan fingerprint density at radius 1 is 1.56 bits per heavy atom. The van der Waals surface area contributed by atoms with Crippen LogP contribution in [0.5, 0.6) is 0 Å². The normalized spacial score (nSPS) is 12.6. The Balaban J connectivity index is 2.09. The van der Waals surface area contributed by atoms with E-state index in [2.05, 4.69) is 41.8 Å². The van der Waals surface area contributed by atoms with E-state index in [4.69, 9.17) is 5.73 Å². The van der Waals surface area contributed by atoms with Crippen molar-refractivity contribution in [2.24, 2.45) is 0 Å². The van der Waals surface area contributed by atoms with Crippen LogP contribution in [0.4, 0.5) is 11.5 Å². The van der Waals surface area contributed by atoms with E-state index in [1.807, 2.05) is 11.6 Å². The van der Waals surface area contributed by atoms with Gasteiger partial charge in [-0.3, -0.25) is 0 Å². The van der Waals surface area contributed by atoms with Gasteiger partial charge in [-0.15, -0.1) is 11.3 Å². The van der Waals surface area contributed by atoms with Crippen LogP contribution in [0.15, 0.2) is 17.5 Å². The van der Waals surface area contributed by atoms with Crippen LogP contribution in [0, 0.1) is 6.92 Å². The van der Waals surface area contributed by atoms with Crippen LogP contribution >= 0.6 is 11.3 Å². The Bertz CT molecular complexity index is 501. The van der Waals surface area contributed by atoms with Crippen molar-refractivity contribution < 1.29 is 0 Å². The van der Waals surface area contributed by atoms with Gasteiger partial charge in [0.05, 0.1) is 11.4 Å². The third-order valence-electron chi connectivity index (χ3n) is 2.94. The predicted octanol–water partition coefficient (Wildman–Crippen LogP) is 2.90. The molecule has 1 atom stereocenters. The zero-order valence-electron chi connectivity index (χ0n) is 11.1. The number of thiophene rings is 1. The van der Waals surface area contributed by atoms with Crippen LogP contribution in [-0.4, -0.2) is 15.8 Å². The van der Waals surface area contributed by atoms with Crippen LogP contribution in [0.3, 0.4) is 0 Å². The third kappa shape index (κ3) is 2.67. The summed E-state index contributed by atoms with van der Waals surface area (Å²) in [5.41, 5.74) is 7.71. The van der Waals surface area contributed by atoms with Crippen molar-refractivity contribution in [1.29, 1.82) is 0 Å².